The van der Waals surface area contributed by atoms with Gasteiger partial charge in [-0.3, -0.25) is 19.7 Å². The second-order valence-electron chi connectivity index (χ2n) is 8.25. The standard InChI is InChI=1S/C24H26N2O4/c1-5-30-23(29)24(4)19-18(20(25-24)17-9-7-6-8-15(17)3)21(27)26(22(19)28)16-12-10-14(2)11-13-16/h6-13,18-20,25H,5H2,1-4H3/t18-,19-,20-,24-/m0/s1. The normalized spacial score (nSPS) is 28.0. The summed E-state index contributed by atoms with van der Waals surface area (Å²) in [7, 11) is 0. The molecule has 2 fully saturated rings. The predicted molar refractivity (Wildman–Crippen MR) is 113 cm³/mol. The highest BCUT2D eigenvalue weighted by Crippen LogP contribution is 2.50. The molecule has 156 valence electrons. The highest BCUT2D eigenvalue weighted by atomic mass is 16.5. The molecule has 2 aliphatic heterocycles. The molecule has 4 atom stereocenters. The lowest BCUT2D eigenvalue weighted by Crippen LogP contribution is -2.54. The van der Waals surface area contributed by atoms with Crippen LogP contribution < -0.4 is 10.2 Å². The summed E-state index contributed by atoms with van der Waals surface area (Å²) in [6.45, 7) is 7.51. The van der Waals surface area contributed by atoms with Crippen LogP contribution in [0.2, 0.25) is 0 Å². The Hall–Kier alpha value is -2.99. The number of esters is 1. The van der Waals surface area contributed by atoms with Crippen molar-refractivity contribution in [1.82, 2.24) is 5.32 Å². The van der Waals surface area contributed by atoms with Gasteiger partial charge in [-0.05, 0) is 51.0 Å². The van der Waals surface area contributed by atoms with Crippen LogP contribution in [0.4, 0.5) is 5.69 Å². The summed E-state index contributed by atoms with van der Waals surface area (Å²) in [6, 6.07) is 14.5. The van der Waals surface area contributed by atoms with Crippen molar-refractivity contribution in [2.75, 3.05) is 11.5 Å². The number of ether oxygens (including phenoxy) is 1. The number of carbonyl (C=O) groups is 3. The fraction of sp³-hybridized carbons (Fsp3) is 0.375. The number of anilines is 1. The zero-order chi connectivity index (χ0) is 21.6. The Kier molecular flexibility index (Phi) is 4.98. The molecule has 4 rings (SSSR count). The van der Waals surface area contributed by atoms with Crippen LogP contribution in [0.5, 0.6) is 0 Å². The molecule has 2 amide bonds. The fourth-order valence-corrected chi connectivity index (χ4v) is 4.76. The van der Waals surface area contributed by atoms with Gasteiger partial charge in [0, 0.05) is 6.04 Å². The van der Waals surface area contributed by atoms with Crippen molar-refractivity contribution < 1.29 is 19.1 Å². The van der Waals surface area contributed by atoms with E-state index in [1.807, 2.05) is 50.2 Å². The minimum Gasteiger partial charge on any atom is -0.465 e. The summed E-state index contributed by atoms with van der Waals surface area (Å²) in [4.78, 5) is 41.3. The summed E-state index contributed by atoms with van der Waals surface area (Å²) in [5.41, 5.74) is 2.18. The van der Waals surface area contributed by atoms with Gasteiger partial charge in [-0.1, -0.05) is 42.0 Å². The van der Waals surface area contributed by atoms with Crippen molar-refractivity contribution in [3.63, 3.8) is 0 Å². The number of rotatable bonds is 4. The molecule has 6 nitrogen and oxygen atoms in total. The minimum absolute atomic E-state index is 0.201. The fourth-order valence-electron chi connectivity index (χ4n) is 4.76. The van der Waals surface area contributed by atoms with Crippen LogP contribution in [-0.2, 0) is 19.1 Å². The Balaban J connectivity index is 1.83. The van der Waals surface area contributed by atoms with Gasteiger partial charge in [-0.25, -0.2) is 4.90 Å². The van der Waals surface area contributed by atoms with Gasteiger partial charge >= 0.3 is 5.97 Å². The third kappa shape index (κ3) is 2.94. The second kappa shape index (κ2) is 7.36. The molecule has 0 aliphatic carbocycles. The Morgan fingerprint density at radius 3 is 2.37 bits per heavy atom. The van der Waals surface area contributed by atoms with E-state index in [1.54, 1.807) is 26.0 Å². The Bertz CT molecular complexity index is 1020. The Morgan fingerprint density at radius 1 is 1.07 bits per heavy atom. The SMILES string of the molecule is CCOC(=O)[C@@]1(C)N[C@@H](c2ccccc2C)[C@H]2C(=O)N(c3ccc(C)cc3)C(=O)[C@H]21. The van der Waals surface area contributed by atoms with Crippen LogP contribution in [-0.4, -0.2) is 29.9 Å². The van der Waals surface area contributed by atoms with E-state index in [2.05, 4.69) is 5.32 Å². The molecule has 2 heterocycles. The van der Waals surface area contributed by atoms with E-state index in [-0.39, 0.29) is 18.4 Å². The van der Waals surface area contributed by atoms with E-state index in [1.165, 1.54) is 4.90 Å². The third-order valence-electron chi connectivity index (χ3n) is 6.30. The third-order valence-corrected chi connectivity index (χ3v) is 6.30. The largest absolute Gasteiger partial charge is 0.465 e. The van der Waals surface area contributed by atoms with Crippen molar-refractivity contribution >= 4 is 23.5 Å². The Morgan fingerprint density at radius 2 is 1.73 bits per heavy atom. The van der Waals surface area contributed by atoms with Crippen molar-refractivity contribution in [3.05, 3.63) is 65.2 Å². The molecule has 6 heteroatoms. The lowest BCUT2D eigenvalue weighted by Gasteiger charge is -2.29. The van der Waals surface area contributed by atoms with Crippen molar-refractivity contribution in [2.45, 2.75) is 39.3 Å². The van der Waals surface area contributed by atoms with E-state index in [4.69, 9.17) is 4.74 Å². The van der Waals surface area contributed by atoms with Crippen LogP contribution in [0, 0.1) is 25.7 Å². The van der Waals surface area contributed by atoms with E-state index >= 15 is 0 Å². The molecule has 0 saturated carbocycles. The van der Waals surface area contributed by atoms with Gasteiger partial charge in [-0.2, -0.15) is 0 Å². The quantitative estimate of drug-likeness (QED) is 0.624. The maximum Gasteiger partial charge on any atom is 0.326 e. The lowest BCUT2D eigenvalue weighted by molar-refractivity contribution is -0.153. The second-order valence-corrected chi connectivity index (χ2v) is 8.25. The smallest absolute Gasteiger partial charge is 0.326 e. The molecule has 0 unspecified atom stereocenters. The highest BCUT2D eigenvalue weighted by molar-refractivity contribution is 6.24. The van der Waals surface area contributed by atoms with E-state index in [9.17, 15) is 14.4 Å². The molecule has 0 bridgehead atoms. The van der Waals surface area contributed by atoms with Gasteiger partial charge in [0.05, 0.1) is 24.1 Å². The van der Waals surface area contributed by atoms with Crippen LogP contribution in [0.1, 0.15) is 36.6 Å². The molecule has 30 heavy (non-hydrogen) atoms. The molecular formula is C24H26N2O4. The number of amides is 2. The number of benzene rings is 2. The first-order valence-corrected chi connectivity index (χ1v) is 10.2. The first-order valence-electron chi connectivity index (χ1n) is 10.2. The molecule has 2 saturated heterocycles. The van der Waals surface area contributed by atoms with Gasteiger partial charge in [0.2, 0.25) is 11.8 Å². The molecule has 0 radical (unpaired) electrons. The molecule has 0 spiro atoms. The maximum atomic E-state index is 13.6. The number of hydrogen-bond donors (Lipinski definition) is 1. The molecule has 2 aromatic rings. The molecule has 1 N–H and O–H groups in total. The van der Waals surface area contributed by atoms with Crippen LogP contribution >= 0.6 is 0 Å². The van der Waals surface area contributed by atoms with Gasteiger partial charge < -0.3 is 4.74 Å². The van der Waals surface area contributed by atoms with Crippen LogP contribution in [0.15, 0.2) is 48.5 Å². The van der Waals surface area contributed by atoms with E-state index in [0.717, 1.165) is 16.7 Å². The average molecular weight is 406 g/mol. The number of carbonyl (C=O) groups excluding carboxylic acids is 3. The van der Waals surface area contributed by atoms with Gasteiger partial charge in [0.25, 0.3) is 0 Å². The number of nitrogens with zero attached hydrogens (tertiary/aromatic N) is 1. The molecule has 0 aromatic heterocycles. The summed E-state index contributed by atoms with van der Waals surface area (Å²) in [5, 5.41) is 3.31. The zero-order valence-corrected chi connectivity index (χ0v) is 17.6. The van der Waals surface area contributed by atoms with Gasteiger partial charge in [-0.15, -0.1) is 0 Å². The Labute approximate surface area is 176 Å². The summed E-state index contributed by atoms with van der Waals surface area (Å²) in [6.07, 6.45) is 0. The summed E-state index contributed by atoms with van der Waals surface area (Å²) < 4.78 is 5.31. The number of fused-ring (bicyclic) bond motifs is 1. The first kappa shape index (κ1) is 20.3. The maximum absolute atomic E-state index is 13.6. The first-order chi connectivity index (χ1) is 14.3. The summed E-state index contributed by atoms with van der Waals surface area (Å²) in [5.74, 6) is -2.69. The summed E-state index contributed by atoms with van der Waals surface area (Å²) >= 11 is 0. The number of nitrogens with one attached hydrogen (secondary N) is 1. The topological polar surface area (TPSA) is 75.7 Å². The zero-order valence-electron chi connectivity index (χ0n) is 17.6. The molecular weight excluding hydrogens is 380 g/mol. The van der Waals surface area contributed by atoms with Crippen molar-refractivity contribution in [1.29, 1.82) is 0 Å². The van der Waals surface area contributed by atoms with Gasteiger partial charge in [0.15, 0.2) is 0 Å². The van der Waals surface area contributed by atoms with Gasteiger partial charge in [0.1, 0.15) is 5.54 Å². The molecule has 2 aromatic carbocycles. The van der Waals surface area contributed by atoms with E-state index in [0.29, 0.717) is 5.69 Å². The number of aryl methyl sites for hydroxylation is 2. The van der Waals surface area contributed by atoms with Crippen molar-refractivity contribution in [2.24, 2.45) is 11.8 Å². The van der Waals surface area contributed by atoms with E-state index < -0.39 is 29.4 Å². The average Bonchev–Trinajstić information content (AvgIpc) is 3.17. The van der Waals surface area contributed by atoms with Crippen LogP contribution in [0.3, 0.4) is 0 Å². The monoisotopic (exact) mass is 406 g/mol. The highest BCUT2D eigenvalue weighted by Gasteiger charge is 2.67. The minimum atomic E-state index is -1.29. The van der Waals surface area contributed by atoms with Crippen molar-refractivity contribution in [3.8, 4) is 0 Å². The van der Waals surface area contributed by atoms with Crippen LogP contribution in [0.25, 0.3) is 0 Å². The lowest BCUT2D eigenvalue weighted by atomic mass is 9.80. The predicted octanol–water partition coefficient (Wildman–Crippen LogP) is 3.08. The number of hydrogen-bond acceptors (Lipinski definition) is 5. The number of imide groups is 1. The molecule has 2 aliphatic rings.